The topological polar surface area (TPSA) is 52.6 Å². The maximum Gasteiger partial charge on any atom is 0.190 e. The van der Waals surface area contributed by atoms with E-state index in [2.05, 4.69) is 65.5 Å². The molecule has 0 aromatic carbocycles. The number of nitrogens with zero attached hydrogens (tertiary/aromatic N) is 3. The van der Waals surface area contributed by atoms with Gasteiger partial charge in [0.2, 0.25) is 0 Å². The maximum absolute atomic E-state index is 4.59. The van der Waals surface area contributed by atoms with Gasteiger partial charge in [-0.25, -0.2) is 4.98 Å². The van der Waals surface area contributed by atoms with Crippen molar-refractivity contribution in [1.29, 1.82) is 0 Å². The smallest absolute Gasteiger partial charge is 0.190 e. The van der Waals surface area contributed by atoms with E-state index >= 15 is 0 Å². The minimum absolute atomic E-state index is 0.591. The summed E-state index contributed by atoms with van der Waals surface area (Å²) in [6.07, 6.45) is 3.07. The fourth-order valence-electron chi connectivity index (χ4n) is 2.74. The van der Waals surface area contributed by atoms with Crippen LogP contribution in [-0.2, 0) is 12.8 Å². The zero-order chi connectivity index (χ0) is 17.9. The van der Waals surface area contributed by atoms with Crippen LogP contribution in [0.25, 0.3) is 0 Å². The van der Waals surface area contributed by atoms with Crippen LogP contribution in [0.15, 0.2) is 10.4 Å². The highest BCUT2D eigenvalue weighted by molar-refractivity contribution is 7.09. The molecule has 0 aliphatic carbocycles. The third kappa shape index (κ3) is 7.62. The molecule has 0 spiro atoms. The van der Waals surface area contributed by atoms with E-state index in [1.165, 1.54) is 10.7 Å². The van der Waals surface area contributed by atoms with Crippen molar-refractivity contribution in [3.05, 3.63) is 16.1 Å². The third-order valence-corrected chi connectivity index (χ3v) is 5.05. The average molecular weight is 354 g/mol. The van der Waals surface area contributed by atoms with Gasteiger partial charge in [-0.05, 0) is 40.5 Å². The van der Waals surface area contributed by atoms with Gasteiger partial charge in [0, 0.05) is 50.6 Å². The van der Waals surface area contributed by atoms with Crippen molar-refractivity contribution in [3.8, 4) is 0 Å². The number of hydrogen-bond donors (Lipinski definition) is 2. The molecule has 0 saturated heterocycles. The maximum atomic E-state index is 4.59. The van der Waals surface area contributed by atoms with Crippen LogP contribution >= 0.6 is 11.3 Å². The number of aryl methyl sites for hydroxylation is 1. The Bertz CT molecular complexity index is 474. The number of guanidine groups is 1. The van der Waals surface area contributed by atoms with Crippen LogP contribution in [0.2, 0.25) is 0 Å². The molecule has 0 aliphatic rings. The lowest BCUT2D eigenvalue weighted by molar-refractivity contribution is 0.173. The molecule has 5 nitrogen and oxygen atoms in total. The average Bonchev–Trinajstić information content (AvgIpc) is 3.00. The van der Waals surface area contributed by atoms with E-state index in [-0.39, 0.29) is 0 Å². The normalized spacial score (nSPS) is 12.5. The second kappa shape index (κ2) is 11.4. The van der Waals surface area contributed by atoms with Crippen molar-refractivity contribution in [2.24, 2.45) is 4.99 Å². The van der Waals surface area contributed by atoms with E-state index in [0.717, 1.165) is 44.9 Å². The Morgan fingerprint density at radius 2 is 1.88 bits per heavy atom. The fraction of sp³-hybridized carbons (Fsp3) is 0.778. The van der Waals surface area contributed by atoms with Gasteiger partial charge in [-0.3, -0.25) is 9.89 Å². The summed E-state index contributed by atoms with van der Waals surface area (Å²) in [5.74, 6) is 0.876. The Hall–Kier alpha value is -1.14. The summed E-state index contributed by atoms with van der Waals surface area (Å²) in [6.45, 7) is 14.1. The first-order valence-electron chi connectivity index (χ1n) is 9.11. The number of nitrogens with one attached hydrogen (secondary N) is 2. The van der Waals surface area contributed by atoms with E-state index in [0.29, 0.717) is 12.1 Å². The summed E-state index contributed by atoms with van der Waals surface area (Å²) >= 11 is 1.75. The van der Waals surface area contributed by atoms with Gasteiger partial charge in [0.15, 0.2) is 5.96 Å². The van der Waals surface area contributed by atoms with Crippen molar-refractivity contribution in [2.75, 3.05) is 26.7 Å². The first-order chi connectivity index (χ1) is 11.5. The number of aliphatic imine (C=N–C) groups is 1. The van der Waals surface area contributed by atoms with Crippen molar-refractivity contribution < 1.29 is 0 Å². The van der Waals surface area contributed by atoms with E-state index in [4.69, 9.17) is 0 Å². The third-order valence-electron chi connectivity index (χ3n) is 4.01. The minimum atomic E-state index is 0.591. The first-order valence-corrected chi connectivity index (χ1v) is 9.99. The highest BCUT2D eigenvalue weighted by Crippen LogP contribution is 2.10. The van der Waals surface area contributed by atoms with Gasteiger partial charge in [-0.15, -0.1) is 11.3 Å². The Kier molecular flexibility index (Phi) is 9.95. The van der Waals surface area contributed by atoms with Gasteiger partial charge >= 0.3 is 0 Å². The molecular formula is C18H35N5S. The second-order valence-electron chi connectivity index (χ2n) is 6.54. The molecule has 0 fully saturated rings. The van der Waals surface area contributed by atoms with Crippen LogP contribution in [0.4, 0.5) is 0 Å². The van der Waals surface area contributed by atoms with Crippen LogP contribution in [0.3, 0.4) is 0 Å². The summed E-state index contributed by atoms with van der Waals surface area (Å²) in [5, 5.41) is 10.1. The van der Waals surface area contributed by atoms with Crippen LogP contribution in [0.1, 0.15) is 51.7 Å². The van der Waals surface area contributed by atoms with Gasteiger partial charge in [0.1, 0.15) is 0 Å². The summed E-state index contributed by atoms with van der Waals surface area (Å²) in [6, 6.07) is 1.18. The monoisotopic (exact) mass is 353 g/mol. The molecule has 0 unspecified atom stereocenters. The fourth-order valence-corrected chi connectivity index (χ4v) is 3.52. The van der Waals surface area contributed by atoms with E-state index in [1.807, 2.05) is 7.05 Å². The van der Waals surface area contributed by atoms with Gasteiger partial charge in [-0.1, -0.05) is 6.92 Å². The van der Waals surface area contributed by atoms with E-state index < -0.39 is 0 Å². The van der Waals surface area contributed by atoms with Gasteiger partial charge in [-0.2, -0.15) is 0 Å². The molecule has 138 valence electrons. The Morgan fingerprint density at radius 3 is 2.42 bits per heavy atom. The van der Waals surface area contributed by atoms with Crippen molar-refractivity contribution in [1.82, 2.24) is 20.5 Å². The molecule has 1 aromatic heterocycles. The molecule has 1 aromatic rings. The van der Waals surface area contributed by atoms with Crippen molar-refractivity contribution in [2.45, 2.75) is 66.0 Å². The molecular weight excluding hydrogens is 318 g/mol. The predicted molar refractivity (Wildman–Crippen MR) is 106 cm³/mol. The lowest BCUT2D eigenvalue weighted by Gasteiger charge is -2.30. The summed E-state index contributed by atoms with van der Waals surface area (Å²) in [5.41, 5.74) is 1.17. The van der Waals surface area contributed by atoms with Crippen LogP contribution in [0, 0.1) is 0 Å². The zero-order valence-corrected chi connectivity index (χ0v) is 17.0. The quantitative estimate of drug-likeness (QED) is 0.386. The van der Waals surface area contributed by atoms with Crippen LogP contribution in [-0.4, -0.2) is 54.6 Å². The molecule has 0 saturated carbocycles. The van der Waals surface area contributed by atoms with Gasteiger partial charge < -0.3 is 10.6 Å². The molecule has 0 atom stereocenters. The Labute approximate surface area is 152 Å². The molecule has 1 heterocycles. The van der Waals surface area contributed by atoms with E-state index in [1.54, 1.807) is 11.3 Å². The Balaban J connectivity index is 2.23. The minimum Gasteiger partial charge on any atom is -0.356 e. The summed E-state index contributed by atoms with van der Waals surface area (Å²) in [7, 11) is 1.82. The molecule has 1 rings (SSSR count). The summed E-state index contributed by atoms with van der Waals surface area (Å²) in [4.78, 5) is 11.4. The van der Waals surface area contributed by atoms with Crippen LogP contribution in [0.5, 0.6) is 0 Å². The lowest BCUT2D eigenvalue weighted by atomic mass is 10.2. The first kappa shape index (κ1) is 20.9. The standard InChI is InChI=1S/C18H35N5S/c1-7-17-22-16(13-24-17)9-11-21-18(19-6)20-10-8-12-23(14(2)3)15(4)5/h13-15H,7-12H2,1-6H3,(H2,19,20,21). The second-order valence-corrected chi connectivity index (χ2v) is 7.48. The van der Waals surface area contributed by atoms with Crippen molar-refractivity contribution in [3.63, 3.8) is 0 Å². The highest BCUT2D eigenvalue weighted by atomic mass is 32.1. The van der Waals surface area contributed by atoms with Crippen LogP contribution < -0.4 is 10.6 Å². The number of thiazole rings is 1. The molecule has 0 radical (unpaired) electrons. The van der Waals surface area contributed by atoms with Crippen molar-refractivity contribution >= 4 is 17.3 Å². The molecule has 24 heavy (non-hydrogen) atoms. The molecule has 0 amide bonds. The van der Waals surface area contributed by atoms with Gasteiger partial charge in [0.25, 0.3) is 0 Å². The molecule has 0 aliphatic heterocycles. The molecule has 6 heteroatoms. The highest BCUT2D eigenvalue weighted by Gasteiger charge is 2.12. The SMILES string of the molecule is CCc1nc(CCNC(=NC)NCCCN(C(C)C)C(C)C)cs1. The number of aromatic nitrogens is 1. The largest absolute Gasteiger partial charge is 0.356 e. The predicted octanol–water partition coefficient (Wildman–Crippen LogP) is 2.92. The number of rotatable bonds is 10. The lowest BCUT2D eigenvalue weighted by Crippen LogP contribution is -2.41. The Morgan fingerprint density at radius 1 is 1.21 bits per heavy atom. The summed E-state index contributed by atoms with van der Waals surface area (Å²) < 4.78 is 0. The molecule has 2 N–H and O–H groups in total. The van der Waals surface area contributed by atoms with E-state index in [9.17, 15) is 0 Å². The zero-order valence-electron chi connectivity index (χ0n) is 16.2. The molecule has 0 bridgehead atoms. The van der Waals surface area contributed by atoms with Gasteiger partial charge in [0.05, 0.1) is 10.7 Å². The number of hydrogen-bond acceptors (Lipinski definition) is 4.